The van der Waals surface area contributed by atoms with Crippen LogP contribution in [0.3, 0.4) is 0 Å². The third-order valence-electron chi connectivity index (χ3n) is 4.05. The fraction of sp³-hybridized carbons (Fsp3) is 0.533. The molecule has 1 aromatic rings. The summed E-state index contributed by atoms with van der Waals surface area (Å²) in [4.78, 5) is 13.9. The lowest BCUT2D eigenvalue weighted by Gasteiger charge is -2.42. The van der Waals surface area contributed by atoms with Crippen molar-refractivity contribution < 1.29 is 13.6 Å². The molecule has 1 aromatic carbocycles. The molecule has 3 nitrogen and oxygen atoms in total. The van der Waals surface area contributed by atoms with Crippen LogP contribution in [0.1, 0.15) is 25.8 Å². The van der Waals surface area contributed by atoms with Crippen molar-refractivity contribution in [3.63, 3.8) is 0 Å². The van der Waals surface area contributed by atoms with Crippen molar-refractivity contribution in [2.24, 2.45) is 11.1 Å². The minimum absolute atomic E-state index is 0.0387. The Hall–Kier alpha value is -1.49. The molecular formula is C15H20F2N2O. The fourth-order valence-electron chi connectivity index (χ4n) is 2.55. The fourth-order valence-corrected chi connectivity index (χ4v) is 2.55. The molecule has 2 rings (SSSR count). The molecule has 1 aliphatic heterocycles. The molecule has 1 amide bonds. The van der Waals surface area contributed by atoms with Crippen LogP contribution >= 0.6 is 0 Å². The van der Waals surface area contributed by atoms with Crippen LogP contribution < -0.4 is 5.73 Å². The van der Waals surface area contributed by atoms with Crippen LogP contribution in [0.4, 0.5) is 8.78 Å². The summed E-state index contributed by atoms with van der Waals surface area (Å²) in [5, 5.41) is 0. The largest absolute Gasteiger partial charge is 0.342 e. The zero-order chi connectivity index (χ0) is 14.9. The van der Waals surface area contributed by atoms with E-state index in [1.807, 2.05) is 13.8 Å². The van der Waals surface area contributed by atoms with Gasteiger partial charge in [0.25, 0.3) is 0 Å². The van der Waals surface area contributed by atoms with E-state index in [9.17, 15) is 13.6 Å². The molecule has 1 fully saturated rings. The van der Waals surface area contributed by atoms with Crippen LogP contribution in [0.5, 0.6) is 0 Å². The second kappa shape index (κ2) is 5.48. The summed E-state index contributed by atoms with van der Waals surface area (Å²) in [5.74, 6) is -1.60. The smallest absolute Gasteiger partial charge is 0.227 e. The SMILES string of the molecule is CC1(C)CN(C(=O)Cc2c(F)cccc2F)CCC1N. The molecule has 1 aliphatic rings. The zero-order valence-corrected chi connectivity index (χ0v) is 11.8. The standard InChI is InChI=1S/C15H20F2N2O/c1-15(2)9-19(7-6-13(15)18)14(20)8-10-11(16)4-3-5-12(10)17/h3-5,13H,6-9,18H2,1-2H3. The first kappa shape index (κ1) is 14.9. The Morgan fingerprint density at radius 3 is 2.55 bits per heavy atom. The zero-order valence-electron chi connectivity index (χ0n) is 11.8. The Morgan fingerprint density at radius 1 is 1.40 bits per heavy atom. The summed E-state index contributed by atoms with van der Waals surface area (Å²) in [6.45, 7) is 5.06. The van der Waals surface area contributed by atoms with Crippen LogP contribution in [0.2, 0.25) is 0 Å². The minimum atomic E-state index is -0.675. The van der Waals surface area contributed by atoms with Crippen molar-refractivity contribution in [3.8, 4) is 0 Å². The average molecular weight is 282 g/mol. The minimum Gasteiger partial charge on any atom is -0.342 e. The summed E-state index contributed by atoms with van der Waals surface area (Å²) in [7, 11) is 0. The number of rotatable bonds is 2. The van der Waals surface area contributed by atoms with E-state index in [4.69, 9.17) is 5.73 Å². The first-order valence-corrected chi connectivity index (χ1v) is 6.77. The highest BCUT2D eigenvalue weighted by Crippen LogP contribution is 2.28. The number of benzene rings is 1. The van der Waals surface area contributed by atoms with Gasteiger partial charge in [0, 0.05) is 24.7 Å². The lowest BCUT2D eigenvalue weighted by atomic mass is 9.79. The Labute approximate surface area is 117 Å². The Balaban J connectivity index is 2.10. The summed E-state index contributed by atoms with van der Waals surface area (Å²) in [6, 6.07) is 3.67. The van der Waals surface area contributed by atoms with Gasteiger partial charge in [-0.2, -0.15) is 0 Å². The second-order valence-electron chi connectivity index (χ2n) is 6.08. The van der Waals surface area contributed by atoms with Crippen molar-refractivity contribution in [1.82, 2.24) is 4.90 Å². The predicted octanol–water partition coefficient (Wildman–Crippen LogP) is 2.09. The number of hydrogen-bond acceptors (Lipinski definition) is 2. The number of nitrogens with two attached hydrogens (primary N) is 1. The van der Waals surface area contributed by atoms with Crippen LogP contribution in [0.15, 0.2) is 18.2 Å². The van der Waals surface area contributed by atoms with Gasteiger partial charge < -0.3 is 10.6 Å². The van der Waals surface area contributed by atoms with Gasteiger partial charge in [-0.1, -0.05) is 19.9 Å². The number of piperidine rings is 1. The van der Waals surface area contributed by atoms with Crippen LogP contribution in [-0.4, -0.2) is 29.9 Å². The van der Waals surface area contributed by atoms with Crippen LogP contribution in [0.25, 0.3) is 0 Å². The number of halogens is 2. The molecule has 1 saturated heterocycles. The van der Waals surface area contributed by atoms with Gasteiger partial charge in [0.1, 0.15) is 11.6 Å². The third kappa shape index (κ3) is 2.98. The molecule has 1 heterocycles. The molecule has 110 valence electrons. The van der Waals surface area contributed by atoms with Crippen molar-refractivity contribution in [2.45, 2.75) is 32.7 Å². The predicted molar refractivity (Wildman–Crippen MR) is 73.0 cm³/mol. The molecule has 0 radical (unpaired) electrons. The monoisotopic (exact) mass is 282 g/mol. The number of carbonyl (C=O) groups is 1. The van der Waals surface area contributed by atoms with Crippen molar-refractivity contribution in [2.75, 3.05) is 13.1 Å². The molecule has 0 aromatic heterocycles. The Morgan fingerprint density at radius 2 is 2.00 bits per heavy atom. The topological polar surface area (TPSA) is 46.3 Å². The van der Waals surface area contributed by atoms with Gasteiger partial charge in [0.2, 0.25) is 5.91 Å². The molecule has 1 atom stereocenters. The summed E-state index contributed by atoms with van der Waals surface area (Å²) >= 11 is 0. The first-order chi connectivity index (χ1) is 9.31. The van der Waals surface area contributed by atoms with Crippen molar-refractivity contribution in [1.29, 1.82) is 0 Å². The quantitative estimate of drug-likeness (QED) is 0.903. The first-order valence-electron chi connectivity index (χ1n) is 6.77. The summed E-state index contributed by atoms with van der Waals surface area (Å²) in [6.07, 6.45) is 0.461. The molecule has 0 saturated carbocycles. The maximum atomic E-state index is 13.6. The Bertz CT molecular complexity index is 496. The van der Waals surface area contributed by atoms with E-state index in [0.717, 1.165) is 0 Å². The molecule has 2 N–H and O–H groups in total. The van der Waals surface area contributed by atoms with E-state index in [1.165, 1.54) is 18.2 Å². The molecule has 5 heteroatoms. The van der Waals surface area contributed by atoms with Gasteiger partial charge in [-0.3, -0.25) is 4.79 Å². The highest BCUT2D eigenvalue weighted by molar-refractivity contribution is 5.79. The molecule has 0 aliphatic carbocycles. The van der Waals surface area contributed by atoms with Crippen LogP contribution in [0, 0.1) is 17.0 Å². The van der Waals surface area contributed by atoms with E-state index in [2.05, 4.69) is 0 Å². The molecule has 1 unspecified atom stereocenters. The molecule has 20 heavy (non-hydrogen) atoms. The normalized spacial score (nSPS) is 21.9. The van der Waals surface area contributed by atoms with Crippen molar-refractivity contribution in [3.05, 3.63) is 35.4 Å². The molecular weight excluding hydrogens is 262 g/mol. The molecule has 0 bridgehead atoms. The number of likely N-dealkylation sites (tertiary alicyclic amines) is 1. The lowest BCUT2D eigenvalue weighted by Crippen LogP contribution is -2.54. The highest BCUT2D eigenvalue weighted by atomic mass is 19.1. The van der Waals surface area contributed by atoms with E-state index >= 15 is 0 Å². The van der Waals surface area contributed by atoms with Gasteiger partial charge in [-0.05, 0) is 24.0 Å². The van der Waals surface area contributed by atoms with Gasteiger partial charge in [0.15, 0.2) is 0 Å². The third-order valence-corrected chi connectivity index (χ3v) is 4.05. The van der Waals surface area contributed by atoms with Gasteiger partial charge in [-0.15, -0.1) is 0 Å². The van der Waals surface area contributed by atoms with E-state index < -0.39 is 11.6 Å². The van der Waals surface area contributed by atoms with Crippen molar-refractivity contribution >= 4 is 5.91 Å². The summed E-state index contributed by atoms with van der Waals surface area (Å²) < 4.78 is 27.1. The van der Waals surface area contributed by atoms with Gasteiger partial charge in [-0.25, -0.2) is 8.78 Å². The number of hydrogen-bond donors (Lipinski definition) is 1. The van der Waals surface area contributed by atoms with Gasteiger partial charge >= 0.3 is 0 Å². The number of carbonyl (C=O) groups excluding carboxylic acids is 1. The molecule has 0 spiro atoms. The van der Waals surface area contributed by atoms with Crippen LogP contribution in [-0.2, 0) is 11.2 Å². The van der Waals surface area contributed by atoms with E-state index in [1.54, 1.807) is 4.90 Å². The van der Waals surface area contributed by atoms with E-state index in [-0.39, 0.29) is 29.3 Å². The Kier molecular flexibility index (Phi) is 4.09. The second-order valence-corrected chi connectivity index (χ2v) is 6.08. The number of amides is 1. The maximum Gasteiger partial charge on any atom is 0.227 e. The number of nitrogens with zero attached hydrogens (tertiary/aromatic N) is 1. The average Bonchev–Trinajstić information content (AvgIpc) is 2.37. The van der Waals surface area contributed by atoms with E-state index in [0.29, 0.717) is 19.5 Å². The maximum absolute atomic E-state index is 13.6. The highest BCUT2D eigenvalue weighted by Gasteiger charge is 2.35. The van der Waals surface area contributed by atoms with Gasteiger partial charge in [0.05, 0.1) is 6.42 Å². The lowest BCUT2D eigenvalue weighted by molar-refractivity contribution is -0.134. The summed E-state index contributed by atoms with van der Waals surface area (Å²) in [5.41, 5.74) is 5.68.